The SMILES string of the molecule is CCCCCCCCCCn1cc(CC(C)N)cn1. The van der Waals surface area contributed by atoms with Gasteiger partial charge in [0.15, 0.2) is 0 Å². The molecule has 0 spiro atoms. The lowest BCUT2D eigenvalue weighted by Crippen LogP contribution is -2.17. The van der Waals surface area contributed by atoms with Gasteiger partial charge in [0.25, 0.3) is 0 Å². The highest BCUT2D eigenvalue weighted by molar-refractivity contribution is 5.05. The summed E-state index contributed by atoms with van der Waals surface area (Å²) in [5, 5.41) is 4.39. The van der Waals surface area contributed by atoms with Crippen LogP contribution in [0.4, 0.5) is 0 Å². The summed E-state index contributed by atoms with van der Waals surface area (Å²) in [6.45, 7) is 5.35. The molecule has 0 aliphatic carbocycles. The molecule has 1 atom stereocenters. The molecule has 2 N–H and O–H groups in total. The van der Waals surface area contributed by atoms with Crippen molar-refractivity contribution in [3.05, 3.63) is 18.0 Å². The van der Waals surface area contributed by atoms with Crippen molar-refractivity contribution in [1.29, 1.82) is 0 Å². The van der Waals surface area contributed by atoms with Crippen LogP contribution in [0.3, 0.4) is 0 Å². The largest absolute Gasteiger partial charge is 0.328 e. The van der Waals surface area contributed by atoms with Crippen molar-refractivity contribution in [2.75, 3.05) is 0 Å². The minimum Gasteiger partial charge on any atom is -0.328 e. The molecule has 3 heteroatoms. The lowest BCUT2D eigenvalue weighted by atomic mass is 10.1. The summed E-state index contributed by atoms with van der Waals surface area (Å²) in [6, 6.07) is 0.223. The van der Waals surface area contributed by atoms with E-state index in [1.165, 1.54) is 56.9 Å². The summed E-state index contributed by atoms with van der Waals surface area (Å²) < 4.78 is 2.06. The molecular formula is C16H31N3. The van der Waals surface area contributed by atoms with Crippen molar-refractivity contribution in [2.45, 2.75) is 84.2 Å². The lowest BCUT2D eigenvalue weighted by Gasteiger charge is -2.03. The fourth-order valence-electron chi connectivity index (χ4n) is 2.41. The highest BCUT2D eigenvalue weighted by atomic mass is 15.3. The van der Waals surface area contributed by atoms with Gasteiger partial charge in [-0.2, -0.15) is 5.10 Å². The van der Waals surface area contributed by atoms with Gasteiger partial charge in [0.1, 0.15) is 0 Å². The van der Waals surface area contributed by atoms with Crippen molar-refractivity contribution in [1.82, 2.24) is 9.78 Å². The highest BCUT2D eigenvalue weighted by Crippen LogP contribution is 2.09. The number of nitrogens with two attached hydrogens (primary N) is 1. The fraction of sp³-hybridized carbons (Fsp3) is 0.812. The van der Waals surface area contributed by atoms with Crippen LogP contribution < -0.4 is 5.73 Å². The van der Waals surface area contributed by atoms with Gasteiger partial charge in [-0.25, -0.2) is 0 Å². The average molecular weight is 265 g/mol. The fourth-order valence-corrected chi connectivity index (χ4v) is 2.41. The van der Waals surface area contributed by atoms with Crippen LogP contribution in [0.1, 0.15) is 70.8 Å². The Bertz CT molecular complexity index is 318. The molecule has 0 amide bonds. The monoisotopic (exact) mass is 265 g/mol. The molecule has 1 unspecified atom stereocenters. The van der Waals surface area contributed by atoms with Crippen LogP contribution in [0.25, 0.3) is 0 Å². The molecule has 110 valence electrons. The van der Waals surface area contributed by atoms with Gasteiger partial charge in [-0.05, 0) is 25.3 Å². The summed E-state index contributed by atoms with van der Waals surface area (Å²) in [4.78, 5) is 0. The molecule has 0 radical (unpaired) electrons. The van der Waals surface area contributed by atoms with Crippen LogP contribution in [-0.4, -0.2) is 15.8 Å². The molecule has 1 heterocycles. The smallest absolute Gasteiger partial charge is 0.0522 e. The molecular weight excluding hydrogens is 234 g/mol. The van der Waals surface area contributed by atoms with Crippen molar-refractivity contribution in [3.8, 4) is 0 Å². The van der Waals surface area contributed by atoms with Crippen molar-refractivity contribution < 1.29 is 0 Å². The van der Waals surface area contributed by atoms with Crippen LogP contribution in [-0.2, 0) is 13.0 Å². The van der Waals surface area contributed by atoms with E-state index in [4.69, 9.17) is 5.73 Å². The third-order valence-electron chi connectivity index (χ3n) is 3.49. The number of aromatic nitrogens is 2. The first-order valence-electron chi connectivity index (χ1n) is 7.99. The second kappa shape index (κ2) is 10.0. The lowest BCUT2D eigenvalue weighted by molar-refractivity contribution is 0.519. The van der Waals surface area contributed by atoms with E-state index in [0.717, 1.165) is 13.0 Å². The Morgan fingerprint density at radius 3 is 2.37 bits per heavy atom. The maximum atomic E-state index is 5.79. The summed E-state index contributed by atoms with van der Waals surface area (Å²) in [5.41, 5.74) is 7.05. The molecule has 1 rings (SSSR count). The van der Waals surface area contributed by atoms with Crippen LogP contribution in [0.5, 0.6) is 0 Å². The third kappa shape index (κ3) is 8.04. The normalized spacial score (nSPS) is 12.8. The first-order valence-corrected chi connectivity index (χ1v) is 7.99. The summed E-state index contributed by atoms with van der Waals surface area (Å²) in [6.07, 6.45) is 15.9. The second-order valence-corrected chi connectivity index (χ2v) is 5.77. The minimum atomic E-state index is 0.223. The Labute approximate surface area is 118 Å². The van der Waals surface area contributed by atoms with E-state index in [2.05, 4.69) is 22.9 Å². The summed E-state index contributed by atoms with van der Waals surface area (Å²) >= 11 is 0. The molecule has 1 aromatic rings. The molecule has 0 bridgehead atoms. The standard InChI is InChI=1S/C16H31N3/c1-3-4-5-6-7-8-9-10-11-19-14-16(13-18-19)12-15(2)17/h13-15H,3-12,17H2,1-2H3. The van der Waals surface area contributed by atoms with E-state index >= 15 is 0 Å². The quantitative estimate of drug-likeness (QED) is 0.616. The van der Waals surface area contributed by atoms with Gasteiger partial charge in [-0.3, -0.25) is 4.68 Å². The van der Waals surface area contributed by atoms with Crippen molar-refractivity contribution >= 4 is 0 Å². The van der Waals surface area contributed by atoms with E-state index in [0.29, 0.717) is 0 Å². The van der Waals surface area contributed by atoms with Crippen molar-refractivity contribution in [3.63, 3.8) is 0 Å². The Morgan fingerprint density at radius 2 is 1.74 bits per heavy atom. The third-order valence-corrected chi connectivity index (χ3v) is 3.49. The van der Waals surface area contributed by atoms with E-state index in [-0.39, 0.29) is 6.04 Å². The Balaban J connectivity index is 2.01. The second-order valence-electron chi connectivity index (χ2n) is 5.77. The molecule has 0 aromatic carbocycles. The molecule has 0 fully saturated rings. The predicted octanol–water partition coefficient (Wildman–Crippen LogP) is 3.91. The van der Waals surface area contributed by atoms with E-state index < -0.39 is 0 Å². The van der Waals surface area contributed by atoms with Crippen LogP contribution >= 0.6 is 0 Å². The molecule has 0 saturated carbocycles. The van der Waals surface area contributed by atoms with Crippen LogP contribution in [0.15, 0.2) is 12.4 Å². The number of rotatable bonds is 11. The maximum Gasteiger partial charge on any atom is 0.0522 e. The Hall–Kier alpha value is -0.830. The first kappa shape index (κ1) is 16.2. The number of aryl methyl sites for hydroxylation is 1. The van der Waals surface area contributed by atoms with Crippen LogP contribution in [0, 0.1) is 0 Å². The number of nitrogens with zero attached hydrogens (tertiary/aromatic N) is 2. The zero-order chi connectivity index (χ0) is 13.9. The van der Waals surface area contributed by atoms with Crippen LogP contribution in [0.2, 0.25) is 0 Å². The molecule has 0 aliphatic rings. The summed E-state index contributed by atoms with van der Waals surface area (Å²) in [7, 11) is 0. The van der Waals surface area contributed by atoms with Crippen molar-refractivity contribution in [2.24, 2.45) is 5.73 Å². The zero-order valence-electron chi connectivity index (χ0n) is 12.8. The zero-order valence-corrected chi connectivity index (χ0v) is 12.8. The van der Waals surface area contributed by atoms with Gasteiger partial charge in [0.2, 0.25) is 0 Å². The highest BCUT2D eigenvalue weighted by Gasteiger charge is 2.01. The Kier molecular flexibility index (Phi) is 8.55. The molecule has 1 aromatic heterocycles. The Morgan fingerprint density at radius 1 is 1.11 bits per heavy atom. The van der Waals surface area contributed by atoms with E-state index in [9.17, 15) is 0 Å². The van der Waals surface area contributed by atoms with Gasteiger partial charge in [0.05, 0.1) is 6.20 Å². The van der Waals surface area contributed by atoms with Gasteiger partial charge in [0, 0.05) is 18.8 Å². The molecule has 19 heavy (non-hydrogen) atoms. The number of hydrogen-bond donors (Lipinski definition) is 1. The van der Waals surface area contributed by atoms with E-state index in [1.807, 2.05) is 13.1 Å². The average Bonchev–Trinajstić information content (AvgIpc) is 2.79. The molecule has 0 aliphatic heterocycles. The minimum absolute atomic E-state index is 0.223. The van der Waals surface area contributed by atoms with E-state index in [1.54, 1.807) is 0 Å². The topological polar surface area (TPSA) is 43.8 Å². The summed E-state index contributed by atoms with van der Waals surface area (Å²) in [5.74, 6) is 0. The number of unbranched alkanes of at least 4 members (excludes halogenated alkanes) is 7. The number of hydrogen-bond acceptors (Lipinski definition) is 2. The van der Waals surface area contributed by atoms with Gasteiger partial charge < -0.3 is 5.73 Å². The van der Waals surface area contributed by atoms with Gasteiger partial charge in [-0.1, -0.05) is 51.9 Å². The first-order chi connectivity index (χ1) is 9.22. The molecule has 3 nitrogen and oxygen atoms in total. The van der Waals surface area contributed by atoms with Gasteiger partial charge in [-0.15, -0.1) is 0 Å². The maximum absolute atomic E-state index is 5.79. The molecule has 0 saturated heterocycles. The predicted molar refractivity (Wildman–Crippen MR) is 82.2 cm³/mol. The van der Waals surface area contributed by atoms with Gasteiger partial charge >= 0.3 is 0 Å².